The fourth-order valence-electron chi connectivity index (χ4n) is 2.35. The summed E-state index contributed by atoms with van der Waals surface area (Å²) in [4.78, 5) is 35.1. The summed E-state index contributed by atoms with van der Waals surface area (Å²) in [5.41, 5.74) is -0.551. The Bertz CT molecular complexity index is 663. The van der Waals surface area contributed by atoms with Crippen LogP contribution in [0.25, 0.3) is 0 Å². The molecule has 0 aliphatic carbocycles. The lowest BCUT2D eigenvalue weighted by molar-refractivity contribution is -0.385. The van der Waals surface area contributed by atoms with Crippen LogP contribution in [0.4, 0.5) is 5.69 Å². The van der Waals surface area contributed by atoms with Gasteiger partial charge in [-0.2, -0.15) is 0 Å². The van der Waals surface area contributed by atoms with Crippen molar-refractivity contribution < 1.29 is 24.0 Å². The summed E-state index contributed by atoms with van der Waals surface area (Å²) < 4.78 is 10.7. The molecule has 1 aromatic rings. The molecule has 8 nitrogen and oxygen atoms in total. The number of likely N-dealkylation sites (tertiary alicyclic amines) is 1. The Balaban J connectivity index is 2.27. The smallest absolute Gasteiger partial charge is 0.345 e. The molecule has 0 radical (unpaired) electrons. The van der Waals surface area contributed by atoms with Gasteiger partial charge < -0.3 is 14.4 Å². The molecule has 9 heteroatoms. The fourth-order valence-corrected chi connectivity index (χ4v) is 2.77. The van der Waals surface area contributed by atoms with Gasteiger partial charge >= 0.3 is 5.97 Å². The first-order valence-corrected chi connectivity index (χ1v) is 7.61. The first-order chi connectivity index (χ1) is 10.8. The highest BCUT2D eigenvalue weighted by molar-refractivity contribution is 9.10. The van der Waals surface area contributed by atoms with Crippen LogP contribution in [0.1, 0.15) is 23.7 Å². The minimum atomic E-state index is -0.814. The van der Waals surface area contributed by atoms with E-state index in [1.165, 1.54) is 19.1 Å². The number of nitro benzene ring substituents is 1. The van der Waals surface area contributed by atoms with Crippen LogP contribution in [0.2, 0.25) is 0 Å². The maximum Gasteiger partial charge on any atom is 0.345 e. The van der Waals surface area contributed by atoms with E-state index in [0.29, 0.717) is 29.7 Å². The molecule has 2 rings (SSSR count). The van der Waals surface area contributed by atoms with Gasteiger partial charge in [0.05, 0.1) is 23.1 Å². The summed E-state index contributed by atoms with van der Waals surface area (Å²) >= 11 is 3.21. The Morgan fingerprint density at radius 2 is 2.13 bits per heavy atom. The molecule has 0 saturated carbocycles. The second kappa shape index (κ2) is 6.95. The molecule has 1 amide bonds. The highest BCUT2D eigenvalue weighted by Gasteiger charge is 2.28. The molecule has 124 valence electrons. The molecule has 0 aromatic heterocycles. The van der Waals surface area contributed by atoms with Gasteiger partial charge in [0, 0.05) is 32.0 Å². The number of carbonyl (C=O) groups excluding carboxylic acids is 2. The number of benzene rings is 1. The third-order valence-electron chi connectivity index (χ3n) is 3.54. The van der Waals surface area contributed by atoms with E-state index in [9.17, 15) is 19.7 Å². The van der Waals surface area contributed by atoms with Gasteiger partial charge in [-0.05, 0) is 15.9 Å². The molecular formula is C14H15BrN2O6. The van der Waals surface area contributed by atoms with Crippen LogP contribution in [0.3, 0.4) is 0 Å². The van der Waals surface area contributed by atoms with Crippen LogP contribution in [0.15, 0.2) is 16.6 Å². The van der Waals surface area contributed by atoms with Crippen molar-refractivity contribution in [2.24, 2.45) is 0 Å². The standard InChI is InChI=1S/C14H15BrN2O6/c1-8(18)16-4-3-9(7-16)23-13-5-10(14(19)22-2)12(17(20)21)6-11(13)15/h5-6,9H,3-4,7H2,1-2H3/t9-/m0/s1. The first kappa shape index (κ1) is 17.2. The number of ether oxygens (including phenoxy) is 2. The first-order valence-electron chi connectivity index (χ1n) is 6.82. The fraction of sp³-hybridized carbons (Fsp3) is 0.429. The lowest BCUT2D eigenvalue weighted by Gasteiger charge is -2.17. The van der Waals surface area contributed by atoms with Crippen molar-refractivity contribution in [2.75, 3.05) is 20.2 Å². The van der Waals surface area contributed by atoms with Crippen molar-refractivity contribution in [3.63, 3.8) is 0 Å². The molecule has 1 atom stereocenters. The second-order valence-electron chi connectivity index (χ2n) is 5.04. The average molecular weight is 387 g/mol. The Kier molecular flexibility index (Phi) is 5.19. The van der Waals surface area contributed by atoms with Gasteiger partial charge in [-0.1, -0.05) is 0 Å². The largest absolute Gasteiger partial charge is 0.487 e. The molecule has 0 unspecified atom stereocenters. The van der Waals surface area contributed by atoms with Crippen molar-refractivity contribution in [2.45, 2.75) is 19.4 Å². The number of carbonyl (C=O) groups is 2. The van der Waals surface area contributed by atoms with Gasteiger partial charge in [0.25, 0.3) is 5.69 Å². The summed E-state index contributed by atoms with van der Waals surface area (Å²) in [5.74, 6) is -0.550. The Labute approximate surface area is 140 Å². The van der Waals surface area contributed by atoms with E-state index in [-0.39, 0.29) is 23.3 Å². The topological polar surface area (TPSA) is 99.0 Å². The number of hydrogen-bond acceptors (Lipinski definition) is 6. The van der Waals surface area contributed by atoms with Crippen LogP contribution in [-0.4, -0.2) is 48.0 Å². The van der Waals surface area contributed by atoms with Gasteiger partial charge in [-0.15, -0.1) is 0 Å². The van der Waals surface area contributed by atoms with Gasteiger partial charge in [0.2, 0.25) is 5.91 Å². The van der Waals surface area contributed by atoms with Crippen LogP contribution in [0.5, 0.6) is 5.75 Å². The molecule has 23 heavy (non-hydrogen) atoms. The van der Waals surface area contributed by atoms with E-state index in [2.05, 4.69) is 20.7 Å². The number of methoxy groups -OCH3 is 1. The maximum atomic E-state index is 11.7. The van der Waals surface area contributed by atoms with Crippen LogP contribution >= 0.6 is 15.9 Å². The molecule has 1 aliphatic rings. The van der Waals surface area contributed by atoms with Gasteiger partial charge in [-0.25, -0.2) is 4.79 Å². The van der Waals surface area contributed by atoms with E-state index >= 15 is 0 Å². The number of hydrogen-bond donors (Lipinski definition) is 0. The predicted octanol–water partition coefficient (Wildman–Crippen LogP) is 2.14. The number of esters is 1. The number of amides is 1. The van der Waals surface area contributed by atoms with Crippen LogP contribution in [0, 0.1) is 10.1 Å². The van der Waals surface area contributed by atoms with Crippen molar-refractivity contribution in [3.05, 3.63) is 32.3 Å². The van der Waals surface area contributed by atoms with Gasteiger partial charge in [-0.3, -0.25) is 14.9 Å². The summed E-state index contributed by atoms with van der Waals surface area (Å²) in [5, 5.41) is 11.1. The zero-order valence-corrected chi connectivity index (χ0v) is 14.2. The van der Waals surface area contributed by atoms with Gasteiger partial charge in [0.1, 0.15) is 17.4 Å². The normalized spacial score (nSPS) is 17.0. The third-order valence-corrected chi connectivity index (χ3v) is 4.16. The quantitative estimate of drug-likeness (QED) is 0.446. The van der Waals surface area contributed by atoms with Crippen molar-refractivity contribution in [1.82, 2.24) is 4.90 Å². The Morgan fingerprint density at radius 1 is 1.43 bits per heavy atom. The van der Waals surface area contributed by atoms with E-state index in [1.807, 2.05) is 0 Å². The molecule has 1 heterocycles. The minimum absolute atomic E-state index is 0.0332. The maximum absolute atomic E-state index is 11.7. The molecule has 0 bridgehead atoms. The summed E-state index contributed by atoms with van der Waals surface area (Å²) in [6.45, 7) is 2.51. The molecule has 1 aliphatic heterocycles. The predicted molar refractivity (Wildman–Crippen MR) is 83.4 cm³/mol. The average Bonchev–Trinajstić information content (AvgIpc) is 2.96. The zero-order chi connectivity index (χ0) is 17.1. The van der Waals surface area contributed by atoms with E-state index < -0.39 is 10.9 Å². The van der Waals surface area contributed by atoms with Crippen molar-refractivity contribution in [1.29, 1.82) is 0 Å². The van der Waals surface area contributed by atoms with Crippen molar-refractivity contribution in [3.8, 4) is 5.75 Å². The number of halogens is 1. The molecule has 0 N–H and O–H groups in total. The van der Waals surface area contributed by atoms with E-state index in [1.54, 1.807) is 4.90 Å². The monoisotopic (exact) mass is 386 g/mol. The van der Waals surface area contributed by atoms with Gasteiger partial charge in [0.15, 0.2) is 0 Å². The number of nitrogens with zero attached hydrogens (tertiary/aromatic N) is 2. The second-order valence-corrected chi connectivity index (χ2v) is 5.90. The Morgan fingerprint density at radius 3 is 2.65 bits per heavy atom. The minimum Gasteiger partial charge on any atom is -0.487 e. The lowest BCUT2D eigenvalue weighted by atomic mass is 10.1. The Hall–Kier alpha value is -2.16. The third kappa shape index (κ3) is 3.79. The number of nitro groups is 1. The summed E-state index contributed by atoms with van der Waals surface area (Å²) in [6, 6.07) is 2.49. The molecule has 1 saturated heterocycles. The van der Waals surface area contributed by atoms with E-state index in [0.717, 1.165) is 7.11 Å². The van der Waals surface area contributed by atoms with Crippen LogP contribution < -0.4 is 4.74 Å². The van der Waals surface area contributed by atoms with Crippen molar-refractivity contribution >= 4 is 33.5 Å². The molecule has 0 spiro atoms. The highest BCUT2D eigenvalue weighted by atomic mass is 79.9. The van der Waals surface area contributed by atoms with E-state index in [4.69, 9.17) is 4.74 Å². The molecule has 1 fully saturated rings. The summed E-state index contributed by atoms with van der Waals surface area (Å²) in [6.07, 6.45) is 0.415. The highest BCUT2D eigenvalue weighted by Crippen LogP contribution is 2.34. The number of rotatable bonds is 4. The van der Waals surface area contributed by atoms with Crippen LogP contribution in [-0.2, 0) is 9.53 Å². The zero-order valence-electron chi connectivity index (χ0n) is 12.6. The molecular weight excluding hydrogens is 372 g/mol. The SMILES string of the molecule is COC(=O)c1cc(O[C@H]2CCN(C(C)=O)C2)c(Br)cc1[N+](=O)[O-]. The lowest BCUT2D eigenvalue weighted by Crippen LogP contribution is -2.28. The summed E-state index contributed by atoms with van der Waals surface area (Å²) in [7, 11) is 1.15. The molecule has 1 aromatic carbocycles.